The molecule has 0 spiro atoms. The average molecular weight is 441 g/mol. The number of nitrogens with zero attached hydrogens (tertiary/aromatic N) is 2. The van der Waals surface area contributed by atoms with Crippen LogP contribution in [0.15, 0.2) is 48.7 Å². The molecule has 7 heteroatoms. The van der Waals surface area contributed by atoms with E-state index >= 15 is 0 Å². The van der Waals surface area contributed by atoms with Crippen LogP contribution in [0.1, 0.15) is 22.5 Å². The highest BCUT2D eigenvalue weighted by Crippen LogP contribution is 2.27. The Balaban J connectivity index is 1.29. The van der Waals surface area contributed by atoms with Gasteiger partial charge < -0.3 is 25.3 Å². The highest BCUT2D eigenvalue weighted by atomic mass is 16.5. The van der Waals surface area contributed by atoms with Crippen LogP contribution in [-0.4, -0.2) is 33.6 Å². The van der Waals surface area contributed by atoms with Gasteiger partial charge in [-0.15, -0.1) is 0 Å². The first-order valence-corrected chi connectivity index (χ1v) is 11.1. The summed E-state index contributed by atoms with van der Waals surface area (Å²) in [6, 6.07) is 14.3. The number of fused-ring (bicyclic) bond motifs is 2. The lowest BCUT2D eigenvalue weighted by atomic mass is 10.1. The van der Waals surface area contributed by atoms with E-state index < -0.39 is 0 Å². The molecular weight excluding hydrogens is 412 g/mol. The van der Waals surface area contributed by atoms with Gasteiger partial charge in [0.15, 0.2) is 0 Å². The second-order valence-corrected chi connectivity index (χ2v) is 8.38. The van der Waals surface area contributed by atoms with E-state index in [4.69, 9.17) is 4.74 Å². The number of nitrogens with one attached hydrogen (secondary N) is 4. The highest BCUT2D eigenvalue weighted by molar-refractivity contribution is 5.88. The summed E-state index contributed by atoms with van der Waals surface area (Å²) < 4.78 is 5.37. The van der Waals surface area contributed by atoms with Crippen molar-refractivity contribution in [1.29, 1.82) is 0 Å². The van der Waals surface area contributed by atoms with Crippen LogP contribution in [0.4, 0.5) is 17.5 Å². The zero-order valence-electron chi connectivity index (χ0n) is 19.3. The predicted octanol–water partition coefficient (Wildman–Crippen LogP) is 5.77. The molecule has 3 aromatic heterocycles. The molecule has 0 bridgehead atoms. The fourth-order valence-electron chi connectivity index (χ4n) is 4.20. The van der Waals surface area contributed by atoms with Crippen molar-refractivity contribution in [3.63, 3.8) is 0 Å². The van der Waals surface area contributed by atoms with Crippen molar-refractivity contribution in [2.75, 3.05) is 24.3 Å². The first-order chi connectivity index (χ1) is 16.0. The largest absolute Gasteiger partial charge is 0.497 e. The maximum absolute atomic E-state index is 5.37. The molecule has 168 valence electrons. The SMILES string of the molecule is COc1ccc2[nH]cc(CCNc3nc(C)cc(Nc4ccc5[nH]c(C)c(C)c5c4)n3)c2c1. The summed E-state index contributed by atoms with van der Waals surface area (Å²) >= 11 is 0. The number of rotatable bonds is 7. The Morgan fingerprint density at radius 2 is 1.79 bits per heavy atom. The summed E-state index contributed by atoms with van der Waals surface area (Å²) in [5.41, 5.74) is 7.85. The topological polar surface area (TPSA) is 90.6 Å². The average Bonchev–Trinajstić information content (AvgIpc) is 3.33. The van der Waals surface area contributed by atoms with Gasteiger partial charge in [-0.2, -0.15) is 4.98 Å². The molecule has 0 aliphatic heterocycles. The fraction of sp³-hybridized carbons (Fsp3) is 0.231. The molecule has 5 aromatic rings. The normalized spacial score (nSPS) is 11.3. The van der Waals surface area contributed by atoms with E-state index in [0.717, 1.165) is 46.9 Å². The number of H-pyrrole nitrogens is 2. The smallest absolute Gasteiger partial charge is 0.224 e. The molecule has 2 aromatic carbocycles. The van der Waals surface area contributed by atoms with Crippen LogP contribution in [0.2, 0.25) is 0 Å². The summed E-state index contributed by atoms with van der Waals surface area (Å²) in [5.74, 6) is 2.24. The Labute approximate surface area is 192 Å². The van der Waals surface area contributed by atoms with Crippen molar-refractivity contribution in [2.24, 2.45) is 0 Å². The minimum Gasteiger partial charge on any atom is -0.497 e. The number of aromatic nitrogens is 4. The molecule has 0 saturated carbocycles. The summed E-state index contributed by atoms with van der Waals surface area (Å²) in [7, 11) is 1.69. The zero-order chi connectivity index (χ0) is 22.9. The first-order valence-electron chi connectivity index (χ1n) is 11.1. The van der Waals surface area contributed by atoms with Gasteiger partial charge in [-0.3, -0.25) is 0 Å². The standard InChI is InChI=1S/C26H28N6O/c1-15-11-25(31-19-5-7-24-21(12-19)16(2)17(3)30-24)32-26(29-15)27-10-9-18-14-28-23-8-6-20(33-4)13-22(18)23/h5-8,11-14,28,30H,9-10H2,1-4H3,(H2,27,29,31,32). The third-order valence-corrected chi connectivity index (χ3v) is 6.09. The van der Waals surface area contributed by atoms with E-state index in [9.17, 15) is 0 Å². The summed E-state index contributed by atoms with van der Waals surface area (Å²) in [5, 5.41) is 9.20. The first kappa shape index (κ1) is 20.9. The Hall–Kier alpha value is -4.00. The summed E-state index contributed by atoms with van der Waals surface area (Å²) in [4.78, 5) is 16.0. The Morgan fingerprint density at radius 3 is 2.64 bits per heavy atom. The molecular formula is C26H28N6O. The minimum absolute atomic E-state index is 0.615. The molecule has 0 saturated heterocycles. The number of methoxy groups -OCH3 is 1. The van der Waals surface area contributed by atoms with Gasteiger partial charge in [-0.25, -0.2) is 4.98 Å². The maximum atomic E-state index is 5.37. The van der Waals surface area contributed by atoms with Crippen molar-refractivity contribution < 1.29 is 4.74 Å². The van der Waals surface area contributed by atoms with E-state index in [-0.39, 0.29) is 0 Å². The summed E-state index contributed by atoms with van der Waals surface area (Å²) in [6.45, 7) is 6.94. The van der Waals surface area contributed by atoms with Gasteiger partial charge in [0.2, 0.25) is 5.95 Å². The monoisotopic (exact) mass is 440 g/mol. The highest BCUT2D eigenvalue weighted by Gasteiger charge is 2.08. The van der Waals surface area contributed by atoms with Gasteiger partial charge >= 0.3 is 0 Å². The van der Waals surface area contributed by atoms with Crippen LogP contribution in [-0.2, 0) is 6.42 Å². The fourth-order valence-corrected chi connectivity index (χ4v) is 4.20. The molecule has 0 unspecified atom stereocenters. The Kier molecular flexibility index (Phi) is 5.38. The number of hydrogen-bond acceptors (Lipinski definition) is 5. The number of anilines is 3. The minimum atomic E-state index is 0.615. The quantitative estimate of drug-likeness (QED) is 0.258. The lowest BCUT2D eigenvalue weighted by Gasteiger charge is -2.10. The van der Waals surface area contributed by atoms with Crippen molar-refractivity contribution >= 4 is 39.3 Å². The van der Waals surface area contributed by atoms with Crippen LogP contribution in [0.3, 0.4) is 0 Å². The second-order valence-electron chi connectivity index (χ2n) is 8.38. The molecule has 0 aliphatic carbocycles. The van der Waals surface area contributed by atoms with E-state index in [1.807, 2.05) is 25.1 Å². The second kappa shape index (κ2) is 8.50. The summed E-state index contributed by atoms with van der Waals surface area (Å²) in [6.07, 6.45) is 2.90. The van der Waals surface area contributed by atoms with E-state index in [1.165, 1.54) is 27.6 Å². The number of ether oxygens (including phenoxy) is 1. The van der Waals surface area contributed by atoms with E-state index in [0.29, 0.717) is 5.95 Å². The van der Waals surface area contributed by atoms with E-state index in [2.05, 4.69) is 74.9 Å². The zero-order valence-corrected chi connectivity index (χ0v) is 19.3. The number of hydrogen-bond donors (Lipinski definition) is 4. The predicted molar refractivity (Wildman–Crippen MR) is 135 cm³/mol. The van der Waals surface area contributed by atoms with Gasteiger partial charge in [0, 0.05) is 57.7 Å². The molecule has 0 fully saturated rings. The molecule has 0 atom stereocenters. The molecule has 7 nitrogen and oxygen atoms in total. The van der Waals surface area contributed by atoms with Crippen LogP contribution in [0, 0.1) is 20.8 Å². The van der Waals surface area contributed by atoms with E-state index in [1.54, 1.807) is 7.11 Å². The van der Waals surface area contributed by atoms with Gasteiger partial charge in [0.05, 0.1) is 7.11 Å². The molecule has 5 rings (SSSR count). The molecule has 33 heavy (non-hydrogen) atoms. The van der Waals surface area contributed by atoms with Crippen molar-refractivity contribution in [3.8, 4) is 5.75 Å². The number of benzene rings is 2. The third kappa shape index (κ3) is 4.22. The molecule has 0 radical (unpaired) electrons. The number of aromatic amines is 2. The van der Waals surface area contributed by atoms with Crippen LogP contribution in [0.5, 0.6) is 5.75 Å². The molecule has 0 amide bonds. The Bertz CT molecular complexity index is 1450. The molecule has 0 aliphatic rings. The van der Waals surface area contributed by atoms with Crippen LogP contribution in [0.25, 0.3) is 21.8 Å². The lowest BCUT2D eigenvalue weighted by Crippen LogP contribution is -2.09. The van der Waals surface area contributed by atoms with Gasteiger partial charge in [-0.05, 0) is 74.7 Å². The number of aryl methyl sites for hydroxylation is 3. The third-order valence-electron chi connectivity index (χ3n) is 6.09. The van der Waals surface area contributed by atoms with Crippen molar-refractivity contribution in [3.05, 3.63) is 71.2 Å². The Morgan fingerprint density at radius 1 is 0.939 bits per heavy atom. The maximum Gasteiger partial charge on any atom is 0.224 e. The van der Waals surface area contributed by atoms with Gasteiger partial charge in [-0.1, -0.05) is 0 Å². The van der Waals surface area contributed by atoms with Gasteiger partial charge in [0.25, 0.3) is 0 Å². The van der Waals surface area contributed by atoms with Crippen molar-refractivity contribution in [2.45, 2.75) is 27.2 Å². The lowest BCUT2D eigenvalue weighted by molar-refractivity contribution is 0.415. The molecule has 4 N–H and O–H groups in total. The van der Waals surface area contributed by atoms with Crippen LogP contribution >= 0.6 is 0 Å². The van der Waals surface area contributed by atoms with Crippen molar-refractivity contribution in [1.82, 2.24) is 19.9 Å². The van der Waals surface area contributed by atoms with Gasteiger partial charge in [0.1, 0.15) is 11.6 Å². The van der Waals surface area contributed by atoms with Crippen LogP contribution < -0.4 is 15.4 Å². The molecule has 3 heterocycles.